The number of likely N-dealkylation sites (N-methyl/N-ethyl adjacent to an activating group) is 2. The standard InChI is InChI=1S/C18H29N3O3/c1-7-16(22)19(5)11-9-13-21(18(24)15(3)4)14-10-12-20(6)17(23)8-2/h7-8H,1-3,9-14H2,4-6H3. The molecule has 0 N–H and O–H groups in total. The number of carbonyl (C=O) groups is 3. The van der Waals surface area contributed by atoms with Crippen molar-refractivity contribution in [2.45, 2.75) is 19.8 Å². The Hall–Kier alpha value is -2.37. The molecule has 0 heterocycles. The molecule has 0 fully saturated rings. The van der Waals surface area contributed by atoms with Crippen LogP contribution in [0, 0.1) is 0 Å². The van der Waals surface area contributed by atoms with Gasteiger partial charge in [-0.25, -0.2) is 0 Å². The van der Waals surface area contributed by atoms with Crippen molar-refractivity contribution in [1.82, 2.24) is 14.7 Å². The van der Waals surface area contributed by atoms with E-state index < -0.39 is 0 Å². The van der Waals surface area contributed by atoms with Gasteiger partial charge in [0.25, 0.3) is 0 Å². The van der Waals surface area contributed by atoms with Crippen LogP contribution >= 0.6 is 0 Å². The molecule has 0 radical (unpaired) electrons. The molecule has 0 aromatic carbocycles. The Balaban J connectivity index is 4.49. The van der Waals surface area contributed by atoms with E-state index in [1.807, 2.05) is 0 Å². The molecule has 6 heteroatoms. The van der Waals surface area contributed by atoms with Crippen LogP contribution in [-0.2, 0) is 14.4 Å². The van der Waals surface area contributed by atoms with Gasteiger partial charge in [-0.3, -0.25) is 14.4 Å². The Morgan fingerprint density at radius 2 is 1.21 bits per heavy atom. The number of carbonyl (C=O) groups excluding carboxylic acids is 3. The first kappa shape index (κ1) is 21.6. The lowest BCUT2D eigenvalue weighted by Crippen LogP contribution is -2.37. The third kappa shape index (κ3) is 7.76. The van der Waals surface area contributed by atoms with E-state index in [4.69, 9.17) is 0 Å². The molecule has 0 saturated carbocycles. The van der Waals surface area contributed by atoms with Crippen LogP contribution in [-0.4, -0.2) is 72.7 Å². The maximum Gasteiger partial charge on any atom is 0.248 e. The summed E-state index contributed by atoms with van der Waals surface area (Å²) < 4.78 is 0. The minimum Gasteiger partial charge on any atom is -0.342 e. The second-order valence-electron chi connectivity index (χ2n) is 5.71. The van der Waals surface area contributed by atoms with E-state index in [-0.39, 0.29) is 17.7 Å². The van der Waals surface area contributed by atoms with Crippen molar-refractivity contribution in [2.24, 2.45) is 0 Å². The molecule has 0 bridgehead atoms. The smallest absolute Gasteiger partial charge is 0.248 e. The molecule has 0 aromatic heterocycles. The van der Waals surface area contributed by atoms with Crippen molar-refractivity contribution in [3.63, 3.8) is 0 Å². The lowest BCUT2D eigenvalue weighted by Gasteiger charge is -2.25. The number of amides is 3. The minimum absolute atomic E-state index is 0.106. The maximum absolute atomic E-state index is 12.2. The van der Waals surface area contributed by atoms with E-state index in [2.05, 4.69) is 19.7 Å². The van der Waals surface area contributed by atoms with Crippen molar-refractivity contribution in [3.8, 4) is 0 Å². The number of hydrogen-bond acceptors (Lipinski definition) is 3. The first-order chi connectivity index (χ1) is 11.2. The summed E-state index contributed by atoms with van der Waals surface area (Å²) in [5, 5.41) is 0. The SMILES string of the molecule is C=CC(=O)N(C)CCCN(CCCN(C)C(=O)C=C)C(=O)C(=C)C. The van der Waals surface area contributed by atoms with Crippen molar-refractivity contribution in [2.75, 3.05) is 40.3 Å². The topological polar surface area (TPSA) is 60.9 Å². The van der Waals surface area contributed by atoms with Crippen molar-refractivity contribution in [3.05, 3.63) is 37.5 Å². The van der Waals surface area contributed by atoms with Crippen LogP contribution in [0.3, 0.4) is 0 Å². The van der Waals surface area contributed by atoms with Gasteiger partial charge in [0.15, 0.2) is 0 Å². The summed E-state index contributed by atoms with van der Waals surface area (Å²) in [4.78, 5) is 39.9. The Labute approximate surface area is 145 Å². The zero-order valence-electron chi connectivity index (χ0n) is 15.1. The molecule has 0 rings (SSSR count). The summed E-state index contributed by atoms with van der Waals surface area (Å²) in [6, 6.07) is 0. The molecule has 0 spiro atoms. The van der Waals surface area contributed by atoms with Crippen LogP contribution < -0.4 is 0 Å². The lowest BCUT2D eigenvalue weighted by molar-refractivity contribution is -0.127. The molecular weight excluding hydrogens is 306 g/mol. The summed E-state index contributed by atoms with van der Waals surface area (Å²) in [5.41, 5.74) is 0.473. The fraction of sp³-hybridized carbons (Fsp3) is 0.500. The van der Waals surface area contributed by atoms with Crippen LogP contribution in [0.5, 0.6) is 0 Å². The zero-order chi connectivity index (χ0) is 18.7. The highest BCUT2D eigenvalue weighted by atomic mass is 16.2. The summed E-state index contributed by atoms with van der Waals surface area (Å²) in [6.45, 7) is 14.4. The molecule has 0 unspecified atom stereocenters. The average Bonchev–Trinajstić information content (AvgIpc) is 2.57. The molecule has 0 aliphatic heterocycles. The summed E-state index contributed by atoms with van der Waals surface area (Å²) in [6.07, 6.45) is 3.86. The monoisotopic (exact) mass is 335 g/mol. The molecule has 134 valence electrons. The van der Waals surface area contributed by atoms with Gasteiger partial charge in [-0.15, -0.1) is 0 Å². The molecule has 0 saturated heterocycles. The Morgan fingerprint density at radius 3 is 1.50 bits per heavy atom. The first-order valence-electron chi connectivity index (χ1n) is 7.94. The fourth-order valence-corrected chi connectivity index (χ4v) is 2.11. The van der Waals surface area contributed by atoms with Gasteiger partial charge in [0.2, 0.25) is 17.7 Å². The third-order valence-electron chi connectivity index (χ3n) is 3.60. The van der Waals surface area contributed by atoms with Crippen LogP contribution in [0.2, 0.25) is 0 Å². The zero-order valence-corrected chi connectivity index (χ0v) is 15.1. The third-order valence-corrected chi connectivity index (χ3v) is 3.60. The second kappa shape index (κ2) is 11.2. The first-order valence-corrected chi connectivity index (χ1v) is 7.94. The van der Waals surface area contributed by atoms with Crippen molar-refractivity contribution in [1.29, 1.82) is 0 Å². The minimum atomic E-state index is -0.141. The predicted molar refractivity (Wildman–Crippen MR) is 96.3 cm³/mol. The molecular formula is C18H29N3O3. The molecule has 24 heavy (non-hydrogen) atoms. The van der Waals surface area contributed by atoms with Gasteiger partial charge in [0, 0.05) is 45.8 Å². The van der Waals surface area contributed by atoms with Crippen molar-refractivity contribution < 1.29 is 14.4 Å². The van der Waals surface area contributed by atoms with E-state index in [1.165, 1.54) is 12.2 Å². The number of rotatable bonds is 11. The van der Waals surface area contributed by atoms with Gasteiger partial charge >= 0.3 is 0 Å². The molecule has 3 amide bonds. The highest BCUT2D eigenvalue weighted by molar-refractivity contribution is 5.92. The summed E-state index contributed by atoms with van der Waals surface area (Å²) >= 11 is 0. The Morgan fingerprint density at radius 1 is 0.833 bits per heavy atom. The summed E-state index contributed by atoms with van der Waals surface area (Å²) in [7, 11) is 3.40. The van der Waals surface area contributed by atoms with Gasteiger partial charge in [-0.05, 0) is 31.9 Å². The summed E-state index contributed by atoms with van der Waals surface area (Å²) in [5.74, 6) is -0.389. The fourth-order valence-electron chi connectivity index (χ4n) is 2.11. The number of nitrogens with zero attached hydrogens (tertiary/aromatic N) is 3. The Kier molecular flexibility index (Phi) is 10.1. The second-order valence-corrected chi connectivity index (χ2v) is 5.71. The largest absolute Gasteiger partial charge is 0.342 e. The van der Waals surface area contributed by atoms with Gasteiger partial charge in [-0.1, -0.05) is 19.7 Å². The van der Waals surface area contributed by atoms with E-state index in [1.54, 1.807) is 35.7 Å². The van der Waals surface area contributed by atoms with Crippen LogP contribution in [0.25, 0.3) is 0 Å². The predicted octanol–water partition coefficient (Wildman–Crippen LogP) is 1.46. The average molecular weight is 335 g/mol. The highest BCUT2D eigenvalue weighted by Gasteiger charge is 2.15. The Bertz CT molecular complexity index is 468. The van der Waals surface area contributed by atoms with Gasteiger partial charge < -0.3 is 14.7 Å². The van der Waals surface area contributed by atoms with E-state index in [0.29, 0.717) is 44.6 Å². The van der Waals surface area contributed by atoms with Gasteiger partial charge in [0.05, 0.1) is 0 Å². The van der Waals surface area contributed by atoms with E-state index in [0.717, 1.165) is 0 Å². The highest BCUT2D eigenvalue weighted by Crippen LogP contribution is 2.04. The normalized spacial score (nSPS) is 9.79. The molecule has 6 nitrogen and oxygen atoms in total. The van der Waals surface area contributed by atoms with E-state index >= 15 is 0 Å². The molecule has 0 aliphatic rings. The number of hydrogen-bond donors (Lipinski definition) is 0. The van der Waals surface area contributed by atoms with Crippen LogP contribution in [0.15, 0.2) is 37.5 Å². The van der Waals surface area contributed by atoms with Crippen LogP contribution in [0.1, 0.15) is 19.8 Å². The quantitative estimate of drug-likeness (QED) is 0.537. The molecule has 0 aromatic rings. The van der Waals surface area contributed by atoms with E-state index in [9.17, 15) is 14.4 Å². The van der Waals surface area contributed by atoms with Gasteiger partial charge in [0.1, 0.15) is 0 Å². The molecule has 0 atom stereocenters. The maximum atomic E-state index is 12.2. The molecule has 0 aliphatic carbocycles. The lowest BCUT2D eigenvalue weighted by atomic mass is 10.2. The van der Waals surface area contributed by atoms with Crippen LogP contribution in [0.4, 0.5) is 0 Å². The van der Waals surface area contributed by atoms with Crippen molar-refractivity contribution >= 4 is 17.7 Å². The van der Waals surface area contributed by atoms with Gasteiger partial charge in [-0.2, -0.15) is 0 Å².